The van der Waals surface area contributed by atoms with Crippen molar-refractivity contribution in [2.45, 2.75) is 38.4 Å². The fraction of sp³-hybridized carbons (Fsp3) is 0.600. The predicted octanol–water partition coefficient (Wildman–Crippen LogP) is 2.39. The molecular weight excluding hydrogens is 336 g/mol. The Kier molecular flexibility index (Phi) is 3.24. The maximum atomic E-state index is 12.8. The van der Waals surface area contributed by atoms with E-state index in [9.17, 15) is 14.7 Å². The zero-order valence-corrected chi connectivity index (χ0v) is 14.6. The number of fused-ring (bicyclic) bond motifs is 2. The van der Waals surface area contributed by atoms with Crippen molar-refractivity contribution in [2.75, 3.05) is 6.61 Å². The van der Waals surface area contributed by atoms with Crippen LogP contribution in [-0.4, -0.2) is 29.8 Å². The number of rotatable bonds is 1. The van der Waals surface area contributed by atoms with Crippen LogP contribution in [-0.2, 0) is 19.1 Å². The number of furan rings is 1. The van der Waals surface area contributed by atoms with Gasteiger partial charge in [0.25, 0.3) is 0 Å². The molecule has 26 heavy (non-hydrogen) atoms. The van der Waals surface area contributed by atoms with Crippen LogP contribution in [0.25, 0.3) is 0 Å². The van der Waals surface area contributed by atoms with Crippen LogP contribution in [0.2, 0.25) is 0 Å². The third-order valence-corrected chi connectivity index (χ3v) is 7.40. The van der Waals surface area contributed by atoms with Crippen LogP contribution in [0.3, 0.4) is 0 Å². The molecule has 0 unspecified atom stereocenters. The van der Waals surface area contributed by atoms with Gasteiger partial charge in [-0.2, -0.15) is 0 Å². The fourth-order valence-corrected chi connectivity index (χ4v) is 6.07. The molecule has 0 bridgehead atoms. The molecular formula is C20H22O6. The summed E-state index contributed by atoms with van der Waals surface area (Å²) in [5.74, 6) is -1.36. The molecule has 2 aliphatic carbocycles. The number of ether oxygens (including phenoxy) is 2. The van der Waals surface area contributed by atoms with Gasteiger partial charge in [0.2, 0.25) is 0 Å². The summed E-state index contributed by atoms with van der Waals surface area (Å²) in [4.78, 5) is 25.1. The molecule has 3 heterocycles. The molecule has 1 aromatic heterocycles. The van der Waals surface area contributed by atoms with Crippen molar-refractivity contribution >= 4 is 11.9 Å². The van der Waals surface area contributed by atoms with Crippen molar-refractivity contribution in [3.05, 3.63) is 36.3 Å². The van der Waals surface area contributed by atoms with Gasteiger partial charge in [-0.05, 0) is 36.7 Å². The van der Waals surface area contributed by atoms with E-state index in [-0.39, 0.29) is 41.9 Å². The molecule has 0 aromatic carbocycles. The number of carbonyl (C=O) groups excluding carboxylic acids is 2. The summed E-state index contributed by atoms with van der Waals surface area (Å²) in [5, 5.41) is 11.0. The van der Waals surface area contributed by atoms with Gasteiger partial charge in [-0.3, -0.25) is 9.59 Å². The number of aliphatic hydroxyl groups is 1. The normalized spacial score (nSPS) is 46.8. The average molecular weight is 358 g/mol. The Balaban J connectivity index is 1.60. The highest BCUT2D eigenvalue weighted by Gasteiger charge is 2.69. The minimum absolute atomic E-state index is 0.0209. The second-order valence-corrected chi connectivity index (χ2v) is 8.41. The summed E-state index contributed by atoms with van der Waals surface area (Å²) in [6, 6.07) is 1.82. The summed E-state index contributed by atoms with van der Waals surface area (Å²) in [5.41, 5.74) is -0.178. The molecule has 0 amide bonds. The van der Waals surface area contributed by atoms with Crippen LogP contribution in [0.1, 0.15) is 37.9 Å². The molecule has 138 valence electrons. The Hall–Kier alpha value is -2.08. The molecule has 1 saturated carbocycles. The van der Waals surface area contributed by atoms with Crippen molar-refractivity contribution in [1.29, 1.82) is 0 Å². The molecule has 6 nitrogen and oxygen atoms in total. The standard InChI is InChI=1S/C20H22O6/c1-19-8-14(11-5-6-24-9-11)26-18(23)13(19)7-16(21)20-10-25-17(22)12(20)3-2-4-15(19)20/h2-3,5-6,9,12-16,21H,4,7-8,10H2,1H3/t12-,13-,14+,15+,16+,19-,20+/m1/s1. The lowest BCUT2D eigenvalue weighted by Gasteiger charge is -2.60. The van der Waals surface area contributed by atoms with Gasteiger partial charge in [0.15, 0.2) is 0 Å². The number of hydrogen-bond acceptors (Lipinski definition) is 6. The molecule has 5 rings (SSSR count). The number of aliphatic hydroxyl groups excluding tert-OH is 1. The van der Waals surface area contributed by atoms with Gasteiger partial charge in [0.1, 0.15) is 12.7 Å². The smallest absolute Gasteiger partial charge is 0.313 e. The Labute approximate surface area is 151 Å². The number of cyclic esters (lactones) is 2. The largest absolute Gasteiger partial charge is 0.472 e. The Bertz CT molecular complexity index is 782. The summed E-state index contributed by atoms with van der Waals surface area (Å²) in [7, 11) is 0. The quantitative estimate of drug-likeness (QED) is 0.613. The highest BCUT2D eigenvalue weighted by molar-refractivity contribution is 5.79. The van der Waals surface area contributed by atoms with E-state index in [1.807, 2.05) is 18.2 Å². The van der Waals surface area contributed by atoms with Crippen LogP contribution in [0.15, 0.2) is 35.2 Å². The second kappa shape index (κ2) is 5.22. The average Bonchev–Trinajstić information content (AvgIpc) is 3.26. The van der Waals surface area contributed by atoms with Crippen LogP contribution in [0, 0.1) is 28.6 Å². The first kappa shape index (κ1) is 16.1. The first-order chi connectivity index (χ1) is 12.5. The number of hydrogen-bond donors (Lipinski definition) is 1. The molecule has 1 N–H and O–H groups in total. The SMILES string of the molecule is C[C@@]12C[C@@H](c3ccoc3)OC(=O)[C@H]1C[C@H](O)[C@@]13COC(=O)[C@H]1C=CC[C@@H]23. The summed E-state index contributed by atoms with van der Waals surface area (Å²) >= 11 is 0. The highest BCUT2D eigenvalue weighted by atomic mass is 16.6. The van der Waals surface area contributed by atoms with Gasteiger partial charge in [-0.25, -0.2) is 0 Å². The Morgan fingerprint density at radius 2 is 2.12 bits per heavy atom. The van der Waals surface area contributed by atoms with Gasteiger partial charge in [0, 0.05) is 5.56 Å². The lowest BCUT2D eigenvalue weighted by molar-refractivity contribution is -0.215. The minimum Gasteiger partial charge on any atom is -0.472 e. The van der Waals surface area contributed by atoms with Crippen molar-refractivity contribution in [3.8, 4) is 0 Å². The van der Waals surface area contributed by atoms with Gasteiger partial charge < -0.3 is 19.0 Å². The molecule has 0 radical (unpaired) electrons. The summed E-state index contributed by atoms with van der Waals surface area (Å²) < 4.78 is 16.3. The van der Waals surface area contributed by atoms with E-state index < -0.39 is 17.4 Å². The van der Waals surface area contributed by atoms with Crippen LogP contribution >= 0.6 is 0 Å². The van der Waals surface area contributed by atoms with E-state index in [0.29, 0.717) is 12.8 Å². The van der Waals surface area contributed by atoms with Gasteiger partial charge >= 0.3 is 11.9 Å². The summed E-state index contributed by atoms with van der Waals surface area (Å²) in [6.07, 6.45) is 7.64. The van der Waals surface area contributed by atoms with Crippen LogP contribution in [0.4, 0.5) is 0 Å². The van der Waals surface area contributed by atoms with E-state index in [1.54, 1.807) is 12.5 Å². The second-order valence-electron chi connectivity index (χ2n) is 8.41. The van der Waals surface area contributed by atoms with Crippen molar-refractivity contribution in [2.24, 2.45) is 28.6 Å². The van der Waals surface area contributed by atoms with Crippen LogP contribution in [0.5, 0.6) is 0 Å². The molecule has 2 aliphatic heterocycles. The van der Waals surface area contributed by atoms with Crippen molar-refractivity contribution in [1.82, 2.24) is 0 Å². The van der Waals surface area contributed by atoms with E-state index in [4.69, 9.17) is 13.9 Å². The zero-order chi connectivity index (χ0) is 18.1. The third kappa shape index (κ3) is 1.85. The van der Waals surface area contributed by atoms with Crippen molar-refractivity contribution in [3.63, 3.8) is 0 Å². The topological polar surface area (TPSA) is 86.0 Å². The van der Waals surface area contributed by atoms with E-state index in [1.165, 1.54) is 0 Å². The first-order valence-electron chi connectivity index (χ1n) is 9.21. The number of allylic oxidation sites excluding steroid dienone is 1. The van der Waals surface area contributed by atoms with E-state index in [0.717, 1.165) is 12.0 Å². The Morgan fingerprint density at radius 3 is 2.88 bits per heavy atom. The predicted molar refractivity (Wildman–Crippen MR) is 88.5 cm³/mol. The Morgan fingerprint density at radius 1 is 1.27 bits per heavy atom. The molecule has 6 heteroatoms. The third-order valence-electron chi connectivity index (χ3n) is 7.40. The molecule has 2 saturated heterocycles. The number of esters is 2. The number of carbonyl (C=O) groups is 2. The lowest BCUT2D eigenvalue weighted by atomic mass is 9.44. The minimum atomic E-state index is -0.759. The molecule has 1 spiro atoms. The fourth-order valence-electron chi connectivity index (χ4n) is 6.07. The maximum absolute atomic E-state index is 12.8. The lowest BCUT2D eigenvalue weighted by Crippen LogP contribution is -2.63. The summed E-state index contributed by atoms with van der Waals surface area (Å²) in [6.45, 7) is 2.34. The molecule has 7 atom stereocenters. The molecule has 4 aliphatic rings. The highest BCUT2D eigenvalue weighted by Crippen LogP contribution is 2.66. The maximum Gasteiger partial charge on any atom is 0.313 e. The van der Waals surface area contributed by atoms with E-state index in [2.05, 4.69) is 6.92 Å². The first-order valence-corrected chi connectivity index (χ1v) is 9.21. The van der Waals surface area contributed by atoms with Gasteiger partial charge in [0.05, 0.1) is 35.9 Å². The van der Waals surface area contributed by atoms with E-state index >= 15 is 0 Å². The van der Waals surface area contributed by atoms with Crippen LogP contribution < -0.4 is 0 Å². The van der Waals surface area contributed by atoms with Gasteiger partial charge in [-0.15, -0.1) is 0 Å². The monoisotopic (exact) mass is 358 g/mol. The molecule has 1 aromatic rings. The van der Waals surface area contributed by atoms with Gasteiger partial charge in [-0.1, -0.05) is 19.1 Å². The molecule has 3 fully saturated rings. The zero-order valence-electron chi connectivity index (χ0n) is 14.6. The van der Waals surface area contributed by atoms with Crippen molar-refractivity contribution < 1.29 is 28.6 Å².